The molecule has 134 valence electrons. The summed E-state index contributed by atoms with van der Waals surface area (Å²) in [5.74, 6) is -1.88. The summed E-state index contributed by atoms with van der Waals surface area (Å²) < 4.78 is 77.7. The van der Waals surface area contributed by atoms with Gasteiger partial charge in [-0.3, -0.25) is 0 Å². The Bertz CT molecular complexity index is 795. The SMILES string of the molecule is O=C(O)C(O)c1ccc(-c2cccc(C(F)(F)F)c2)cc1C(F)(F)F. The van der Waals surface area contributed by atoms with Gasteiger partial charge in [0, 0.05) is 5.56 Å². The lowest BCUT2D eigenvalue weighted by Gasteiger charge is -2.17. The van der Waals surface area contributed by atoms with Gasteiger partial charge in [-0.1, -0.05) is 24.3 Å². The van der Waals surface area contributed by atoms with E-state index in [2.05, 4.69) is 0 Å². The van der Waals surface area contributed by atoms with E-state index in [1.807, 2.05) is 0 Å². The highest BCUT2D eigenvalue weighted by molar-refractivity contribution is 5.76. The zero-order chi connectivity index (χ0) is 19.0. The summed E-state index contributed by atoms with van der Waals surface area (Å²) in [6, 6.07) is 5.96. The van der Waals surface area contributed by atoms with E-state index < -0.39 is 41.1 Å². The number of benzene rings is 2. The smallest absolute Gasteiger partial charge is 0.416 e. The number of hydrogen-bond donors (Lipinski definition) is 2. The molecule has 0 aliphatic carbocycles. The van der Waals surface area contributed by atoms with Crippen molar-refractivity contribution in [2.75, 3.05) is 0 Å². The van der Waals surface area contributed by atoms with Gasteiger partial charge in [0.25, 0.3) is 0 Å². The van der Waals surface area contributed by atoms with E-state index in [0.717, 1.165) is 24.3 Å². The van der Waals surface area contributed by atoms with E-state index in [0.29, 0.717) is 12.1 Å². The zero-order valence-corrected chi connectivity index (χ0v) is 12.2. The van der Waals surface area contributed by atoms with Crippen molar-refractivity contribution >= 4 is 5.97 Å². The van der Waals surface area contributed by atoms with Crippen molar-refractivity contribution in [3.05, 3.63) is 59.2 Å². The Morgan fingerprint density at radius 2 is 1.48 bits per heavy atom. The van der Waals surface area contributed by atoms with Crippen LogP contribution in [0.3, 0.4) is 0 Å². The first-order valence-electron chi connectivity index (χ1n) is 6.71. The van der Waals surface area contributed by atoms with Crippen molar-refractivity contribution in [3.8, 4) is 11.1 Å². The highest BCUT2D eigenvalue weighted by Crippen LogP contribution is 2.38. The summed E-state index contributed by atoms with van der Waals surface area (Å²) >= 11 is 0. The number of halogens is 6. The summed E-state index contributed by atoms with van der Waals surface area (Å²) in [5.41, 5.74) is -3.68. The van der Waals surface area contributed by atoms with Crippen LogP contribution in [-0.4, -0.2) is 16.2 Å². The highest BCUT2D eigenvalue weighted by atomic mass is 19.4. The fourth-order valence-corrected chi connectivity index (χ4v) is 2.23. The second kappa shape index (κ2) is 6.40. The van der Waals surface area contributed by atoms with Crippen molar-refractivity contribution in [2.24, 2.45) is 0 Å². The lowest BCUT2D eigenvalue weighted by atomic mass is 9.95. The number of alkyl halides is 6. The maximum Gasteiger partial charge on any atom is 0.416 e. The quantitative estimate of drug-likeness (QED) is 0.788. The van der Waals surface area contributed by atoms with Gasteiger partial charge in [0.05, 0.1) is 11.1 Å². The molecule has 0 saturated heterocycles. The van der Waals surface area contributed by atoms with E-state index in [9.17, 15) is 36.2 Å². The van der Waals surface area contributed by atoms with Crippen molar-refractivity contribution in [2.45, 2.75) is 18.5 Å². The van der Waals surface area contributed by atoms with Crippen molar-refractivity contribution in [1.29, 1.82) is 0 Å². The minimum atomic E-state index is -5.00. The molecule has 0 spiro atoms. The second-order valence-corrected chi connectivity index (χ2v) is 5.12. The van der Waals surface area contributed by atoms with Gasteiger partial charge in [0.15, 0.2) is 6.10 Å². The predicted molar refractivity (Wildman–Crippen MR) is 74.5 cm³/mol. The molecule has 0 aliphatic rings. The minimum absolute atomic E-state index is 0.128. The van der Waals surface area contributed by atoms with Gasteiger partial charge < -0.3 is 10.2 Å². The molecule has 2 aromatic rings. The number of rotatable bonds is 3. The van der Waals surface area contributed by atoms with Crippen LogP contribution in [0.2, 0.25) is 0 Å². The van der Waals surface area contributed by atoms with Crippen LogP contribution in [0.4, 0.5) is 26.3 Å². The molecule has 1 atom stereocenters. The van der Waals surface area contributed by atoms with Gasteiger partial charge in [-0.25, -0.2) is 4.79 Å². The predicted octanol–water partition coefficient (Wildman–Crippen LogP) is 4.51. The van der Waals surface area contributed by atoms with Crippen LogP contribution in [0.5, 0.6) is 0 Å². The fourth-order valence-electron chi connectivity index (χ4n) is 2.23. The molecule has 3 nitrogen and oxygen atoms in total. The third-order valence-corrected chi connectivity index (χ3v) is 3.41. The Hall–Kier alpha value is -2.55. The second-order valence-electron chi connectivity index (χ2n) is 5.12. The number of aliphatic hydroxyl groups excluding tert-OH is 1. The Kier molecular flexibility index (Phi) is 4.81. The van der Waals surface area contributed by atoms with Crippen molar-refractivity contribution in [3.63, 3.8) is 0 Å². The normalized spacial score (nSPS) is 13.6. The molecule has 25 heavy (non-hydrogen) atoms. The number of hydrogen-bond acceptors (Lipinski definition) is 2. The standard InChI is InChI=1S/C16H10F6O3/c17-15(18,19)10-3-1-2-8(6-10)9-4-5-11(13(23)14(24)25)12(7-9)16(20,21)22/h1-7,13,23H,(H,24,25). The van der Waals surface area contributed by atoms with Gasteiger partial charge in [0.2, 0.25) is 0 Å². The zero-order valence-electron chi connectivity index (χ0n) is 12.2. The fraction of sp³-hybridized carbons (Fsp3) is 0.188. The number of carboxylic acids is 1. The third-order valence-electron chi connectivity index (χ3n) is 3.41. The van der Waals surface area contributed by atoms with Gasteiger partial charge in [0.1, 0.15) is 0 Å². The van der Waals surface area contributed by atoms with Crippen LogP contribution in [0.25, 0.3) is 11.1 Å². The lowest BCUT2D eigenvalue weighted by Crippen LogP contribution is -2.17. The van der Waals surface area contributed by atoms with Crippen molar-refractivity contribution < 1.29 is 41.4 Å². The van der Waals surface area contributed by atoms with Crippen LogP contribution in [-0.2, 0) is 17.1 Å². The van der Waals surface area contributed by atoms with Crippen LogP contribution in [0.1, 0.15) is 22.8 Å². The minimum Gasteiger partial charge on any atom is -0.479 e. The van der Waals surface area contributed by atoms with E-state index in [4.69, 9.17) is 5.11 Å². The van der Waals surface area contributed by atoms with Crippen LogP contribution in [0, 0.1) is 0 Å². The average molecular weight is 364 g/mol. The number of aliphatic hydroxyl groups is 1. The van der Waals surface area contributed by atoms with E-state index in [1.54, 1.807) is 0 Å². The number of aliphatic carboxylic acids is 1. The largest absolute Gasteiger partial charge is 0.479 e. The average Bonchev–Trinajstić information content (AvgIpc) is 2.52. The van der Waals surface area contributed by atoms with E-state index in [1.165, 1.54) is 6.07 Å². The molecular formula is C16H10F6O3. The monoisotopic (exact) mass is 364 g/mol. The summed E-state index contributed by atoms with van der Waals surface area (Å²) in [5, 5.41) is 18.1. The van der Waals surface area contributed by atoms with E-state index >= 15 is 0 Å². The Morgan fingerprint density at radius 3 is 2.00 bits per heavy atom. The third kappa shape index (κ3) is 4.11. The molecule has 2 N–H and O–H groups in total. The Labute approximate surface area is 137 Å². The molecule has 0 radical (unpaired) electrons. The first-order valence-corrected chi connectivity index (χ1v) is 6.71. The van der Waals surface area contributed by atoms with Gasteiger partial charge >= 0.3 is 18.3 Å². The maximum absolute atomic E-state index is 13.2. The summed E-state index contributed by atoms with van der Waals surface area (Å²) in [6.45, 7) is 0. The van der Waals surface area contributed by atoms with Crippen LogP contribution < -0.4 is 0 Å². The Balaban J connectivity index is 2.60. The topological polar surface area (TPSA) is 57.5 Å². The summed E-state index contributed by atoms with van der Waals surface area (Å²) in [7, 11) is 0. The molecule has 1 unspecified atom stereocenters. The molecule has 9 heteroatoms. The first-order chi connectivity index (χ1) is 11.4. The van der Waals surface area contributed by atoms with E-state index in [-0.39, 0.29) is 11.1 Å². The molecule has 0 amide bonds. The molecule has 0 bridgehead atoms. The van der Waals surface area contributed by atoms with Crippen LogP contribution in [0.15, 0.2) is 42.5 Å². The molecule has 0 aliphatic heterocycles. The number of carboxylic acid groups (broad SMARTS) is 1. The Morgan fingerprint density at radius 1 is 0.880 bits per heavy atom. The van der Waals surface area contributed by atoms with Gasteiger partial charge in [-0.2, -0.15) is 26.3 Å². The first kappa shape index (κ1) is 18.8. The summed E-state index contributed by atoms with van der Waals surface area (Å²) in [6.07, 6.45) is -12.1. The van der Waals surface area contributed by atoms with Gasteiger partial charge in [-0.05, 0) is 29.3 Å². The lowest BCUT2D eigenvalue weighted by molar-refractivity contribution is -0.149. The van der Waals surface area contributed by atoms with Gasteiger partial charge in [-0.15, -0.1) is 0 Å². The molecule has 0 saturated carbocycles. The molecule has 2 aromatic carbocycles. The molecule has 0 aromatic heterocycles. The molecule has 2 rings (SSSR count). The molecule has 0 heterocycles. The van der Waals surface area contributed by atoms with Crippen LogP contribution >= 0.6 is 0 Å². The van der Waals surface area contributed by atoms with Crippen molar-refractivity contribution in [1.82, 2.24) is 0 Å². The maximum atomic E-state index is 13.2. The highest BCUT2D eigenvalue weighted by Gasteiger charge is 2.37. The number of carbonyl (C=O) groups is 1. The molecular weight excluding hydrogens is 354 g/mol. The summed E-state index contributed by atoms with van der Waals surface area (Å²) in [4.78, 5) is 10.7. The molecule has 0 fully saturated rings.